The van der Waals surface area contributed by atoms with Crippen molar-refractivity contribution in [3.8, 4) is 0 Å². The molecule has 1 aliphatic heterocycles. The molecule has 0 bridgehead atoms. The molecule has 0 spiro atoms. The summed E-state index contributed by atoms with van der Waals surface area (Å²) in [4.78, 5) is 13.8. The van der Waals surface area contributed by atoms with Crippen molar-refractivity contribution in [1.82, 2.24) is 9.97 Å². The Bertz CT molecular complexity index is 955. The topological polar surface area (TPSA) is 53.5 Å². The second kappa shape index (κ2) is 8.92. The van der Waals surface area contributed by atoms with Crippen LogP contribution >= 0.6 is 0 Å². The first-order valence-electron chi connectivity index (χ1n) is 10.1. The maximum absolute atomic E-state index is 5.49. The summed E-state index contributed by atoms with van der Waals surface area (Å²) < 4.78 is 5.49. The number of ether oxygens (including phenoxy) is 1. The van der Waals surface area contributed by atoms with E-state index in [1.165, 1.54) is 5.56 Å². The Kier molecular flexibility index (Phi) is 5.91. The fourth-order valence-electron chi connectivity index (χ4n) is 3.61. The smallest absolute Gasteiger partial charge is 0.229 e. The van der Waals surface area contributed by atoms with E-state index in [1.807, 2.05) is 12.1 Å². The third kappa shape index (κ3) is 4.49. The van der Waals surface area contributed by atoms with E-state index in [2.05, 4.69) is 76.4 Å². The fourth-order valence-corrected chi connectivity index (χ4v) is 3.61. The Morgan fingerprint density at radius 3 is 2.69 bits per heavy atom. The lowest BCUT2D eigenvalue weighted by molar-refractivity contribution is 0.123. The van der Waals surface area contributed by atoms with Gasteiger partial charge in [-0.05, 0) is 49.7 Å². The monoisotopic (exact) mass is 389 g/mol. The Labute approximate surface area is 172 Å². The van der Waals surface area contributed by atoms with Crippen molar-refractivity contribution < 1.29 is 4.74 Å². The molecule has 3 aromatic rings. The van der Waals surface area contributed by atoms with Gasteiger partial charge in [-0.15, -0.1) is 0 Å². The number of para-hydroxylation sites is 2. The average Bonchev–Trinajstić information content (AvgIpc) is 2.76. The SMILES string of the molecule is CCN(c1cccc(C)c1)c1ccnc(Nc2ccccc2N2CCOCC2)n1. The number of hydrogen-bond acceptors (Lipinski definition) is 6. The molecule has 2 heterocycles. The molecule has 1 aliphatic rings. The molecule has 0 radical (unpaired) electrons. The zero-order valence-corrected chi connectivity index (χ0v) is 17.0. The third-order valence-corrected chi connectivity index (χ3v) is 5.05. The van der Waals surface area contributed by atoms with Gasteiger partial charge in [-0.1, -0.05) is 24.3 Å². The van der Waals surface area contributed by atoms with Crippen LogP contribution in [0.2, 0.25) is 0 Å². The van der Waals surface area contributed by atoms with Gasteiger partial charge in [0, 0.05) is 31.5 Å². The lowest BCUT2D eigenvalue weighted by atomic mass is 10.2. The Hall–Kier alpha value is -3.12. The van der Waals surface area contributed by atoms with Crippen molar-refractivity contribution in [2.24, 2.45) is 0 Å². The molecule has 29 heavy (non-hydrogen) atoms. The lowest BCUT2D eigenvalue weighted by Crippen LogP contribution is -2.36. The van der Waals surface area contributed by atoms with E-state index < -0.39 is 0 Å². The summed E-state index contributed by atoms with van der Waals surface area (Å²) in [7, 11) is 0. The number of morpholine rings is 1. The van der Waals surface area contributed by atoms with Crippen LogP contribution in [-0.4, -0.2) is 42.8 Å². The largest absolute Gasteiger partial charge is 0.378 e. The first-order chi connectivity index (χ1) is 14.2. The highest BCUT2D eigenvalue weighted by molar-refractivity contribution is 5.74. The summed E-state index contributed by atoms with van der Waals surface area (Å²) in [5.74, 6) is 1.47. The van der Waals surface area contributed by atoms with Gasteiger partial charge in [-0.2, -0.15) is 4.98 Å². The molecule has 0 aliphatic carbocycles. The maximum Gasteiger partial charge on any atom is 0.229 e. The number of hydrogen-bond donors (Lipinski definition) is 1. The highest BCUT2D eigenvalue weighted by Crippen LogP contribution is 2.29. The molecule has 6 nitrogen and oxygen atoms in total. The second-order valence-electron chi connectivity index (χ2n) is 7.06. The van der Waals surface area contributed by atoms with Crippen molar-refractivity contribution in [2.75, 3.05) is 48.0 Å². The summed E-state index contributed by atoms with van der Waals surface area (Å²) in [5.41, 5.74) is 4.51. The number of rotatable bonds is 6. The second-order valence-corrected chi connectivity index (χ2v) is 7.06. The van der Waals surface area contributed by atoms with E-state index >= 15 is 0 Å². The van der Waals surface area contributed by atoms with Gasteiger partial charge in [0.1, 0.15) is 5.82 Å². The van der Waals surface area contributed by atoms with Crippen LogP contribution in [0, 0.1) is 6.92 Å². The van der Waals surface area contributed by atoms with Crippen LogP contribution in [0.4, 0.5) is 28.8 Å². The van der Waals surface area contributed by atoms with Crippen molar-refractivity contribution in [3.05, 3.63) is 66.4 Å². The summed E-state index contributed by atoms with van der Waals surface area (Å²) in [5, 5.41) is 3.42. The number of aromatic nitrogens is 2. The van der Waals surface area contributed by atoms with E-state index in [9.17, 15) is 0 Å². The van der Waals surface area contributed by atoms with Gasteiger partial charge in [-0.3, -0.25) is 0 Å². The van der Waals surface area contributed by atoms with Gasteiger partial charge >= 0.3 is 0 Å². The first-order valence-corrected chi connectivity index (χ1v) is 10.1. The van der Waals surface area contributed by atoms with Crippen molar-refractivity contribution >= 4 is 28.8 Å². The van der Waals surface area contributed by atoms with Crippen LogP contribution in [0.25, 0.3) is 0 Å². The van der Waals surface area contributed by atoms with Crippen LogP contribution in [0.15, 0.2) is 60.8 Å². The van der Waals surface area contributed by atoms with E-state index in [4.69, 9.17) is 9.72 Å². The van der Waals surface area contributed by atoms with Crippen LogP contribution in [0.3, 0.4) is 0 Å². The minimum atomic E-state index is 0.592. The summed E-state index contributed by atoms with van der Waals surface area (Å²) in [6, 6.07) is 18.7. The standard InChI is InChI=1S/C23H27N5O/c1-3-28(19-8-6-7-18(2)17-19)22-11-12-24-23(26-22)25-20-9-4-5-10-21(20)27-13-15-29-16-14-27/h4-12,17H,3,13-16H2,1-2H3,(H,24,25,26). The van der Waals surface area contributed by atoms with Gasteiger partial charge in [0.15, 0.2) is 0 Å². The van der Waals surface area contributed by atoms with E-state index in [1.54, 1.807) is 6.20 Å². The van der Waals surface area contributed by atoms with Gasteiger partial charge in [0.05, 0.1) is 24.6 Å². The minimum absolute atomic E-state index is 0.592. The van der Waals surface area contributed by atoms with Crippen LogP contribution in [-0.2, 0) is 4.74 Å². The third-order valence-electron chi connectivity index (χ3n) is 5.05. The number of anilines is 5. The predicted octanol–water partition coefficient (Wildman–Crippen LogP) is 4.52. The molecule has 1 aromatic heterocycles. The molecule has 0 amide bonds. The van der Waals surface area contributed by atoms with Crippen LogP contribution in [0.1, 0.15) is 12.5 Å². The maximum atomic E-state index is 5.49. The quantitative estimate of drug-likeness (QED) is 0.669. The van der Waals surface area contributed by atoms with E-state index in [-0.39, 0.29) is 0 Å². The van der Waals surface area contributed by atoms with Gasteiger partial charge in [0.2, 0.25) is 5.95 Å². The van der Waals surface area contributed by atoms with Gasteiger partial charge < -0.3 is 19.9 Å². The first kappa shape index (κ1) is 19.2. The Morgan fingerprint density at radius 2 is 1.90 bits per heavy atom. The summed E-state index contributed by atoms with van der Waals surface area (Å²) in [6.45, 7) is 8.33. The zero-order valence-electron chi connectivity index (χ0n) is 17.0. The van der Waals surface area contributed by atoms with Crippen molar-refractivity contribution in [1.29, 1.82) is 0 Å². The van der Waals surface area contributed by atoms with E-state index in [0.717, 1.165) is 55.7 Å². The van der Waals surface area contributed by atoms with Crippen LogP contribution < -0.4 is 15.1 Å². The summed E-state index contributed by atoms with van der Waals surface area (Å²) >= 11 is 0. The molecule has 6 heteroatoms. The Morgan fingerprint density at radius 1 is 1.07 bits per heavy atom. The number of aryl methyl sites for hydroxylation is 1. The van der Waals surface area contributed by atoms with Crippen LogP contribution in [0.5, 0.6) is 0 Å². The molecule has 0 unspecified atom stereocenters. The molecule has 150 valence electrons. The minimum Gasteiger partial charge on any atom is -0.378 e. The molecule has 1 saturated heterocycles. The lowest BCUT2D eigenvalue weighted by Gasteiger charge is -2.30. The molecule has 1 fully saturated rings. The number of nitrogens with zero attached hydrogens (tertiary/aromatic N) is 4. The van der Waals surface area contributed by atoms with Gasteiger partial charge in [0.25, 0.3) is 0 Å². The molecule has 4 rings (SSSR count). The van der Waals surface area contributed by atoms with Crippen molar-refractivity contribution in [2.45, 2.75) is 13.8 Å². The highest BCUT2D eigenvalue weighted by atomic mass is 16.5. The van der Waals surface area contributed by atoms with Gasteiger partial charge in [-0.25, -0.2) is 4.98 Å². The molecule has 0 atom stereocenters. The van der Waals surface area contributed by atoms with Crippen molar-refractivity contribution in [3.63, 3.8) is 0 Å². The average molecular weight is 390 g/mol. The normalized spacial score (nSPS) is 13.9. The zero-order chi connectivity index (χ0) is 20.1. The Balaban J connectivity index is 1.60. The number of nitrogens with one attached hydrogen (secondary N) is 1. The fraction of sp³-hybridized carbons (Fsp3) is 0.304. The molecule has 1 N–H and O–H groups in total. The molecular formula is C23H27N5O. The predicted molar refractivity (Wildman–Crippen MR) is 119 cm³/mol. The molecular weight excluding hydrogens is 362 g/mol. The van der Waals surface area contributed by atoms with E-state index in [0.29, 0.717) is 5.95 Å². The highest BCUT2D eigenvalue weighted by Gasteiger charge is 2.16. The summed E-state index contributed by atoms with van der Waals surface area (Å²) in [6.07, 6.45) is 1.81. The number of benzene rings is 2. The molecule has 0 saturated carbocycles. The molecule has 2 aromatic carbocycles.